The number of ether oxygens (including phenoxy) is 4. The largest absolute Gasteiger partial charge is 0.458 e. The fraction of sp³-hybridized carbons (Fsp3) is 0.667. The van der Waals surface area contributed by atoms with E-state index in [1.807, 2.05) is 43.4 Å². The summed E-state index contributed by atoms with van der Waals surface area (Å²) < 4.78 is 29.4. The Balaban J connectivity index is 2.40. The van der Waals surface area contributed by atoms with Crippen LogP contribution in [0.4, 0.5) is 4.79 Å². The number of esters is 2. The summed E-state index contributed by atoms with van der Waals surface area (Å²) >= 11 is 0. The second-order valence-electron chi connectivity index (χ2n) is 12.0. The Morgan fingerprint density at radius 1 is 0.946 bits per heavy atom. The molecule has 1 amide bonds. The lowest BCUT2D eigenvalue weighted by molar-refractivity contribution is -0.174. The van der Waals surface area contributed by atoms with Crippen molar-refractivity contribution in [3.63, 3.8) is 0 Å². The van der Waals surface area contributed by atoms with E-state index in [1.54, 1.807) is 27.7 Å². The van der Waals surface area contributed by atoms with Gasteiger partial charge in [0.25, 0.3) is 0 Å². The third-order valence-electron chi connectivity index (χ3n) is 6.50. The van der Waals surface area contributed by atoms with Gasteiger partial charge in [0.2, 0.25) is 0 Å². The Labute approximate surface area is 221 Å². The monoisotopic (exact) mass is 537 g/mol. The van der Waals surface area contributed by atoms with Crippen LogP contribution in [-0.2, 0) is 39.6 Å². The van der Waals surface area contributed by atoms with Gasteiger partial charge >= 0.3 is 18.0 Å². The van der Waals surface area contributed by atoms with Crippen LogP contribution in [0.1, 0.15) is 61.0 Å². The van der Waals surface area contributed by atoms with Crippen LogP contribution in [-0.4, -0.2) is 62.4 Å². The molecular formula is C27H43NO8Si. The highest BCUT2D eigenvalue weighted by molar-refractivity contribution is 6.74. The number of carbonyl (C=O) groups is 3. The van der Waals surface area contributed by atoms with Gasteiger partial charge in [-0.05, 0) is 58.3 Å². The molecule has 1 heterocycles. The predicted octanol–water partition coefficient (Wildman–Crippen LogP) is 4.73. The molecule has 5 atom stereocenters. The van der Waals surface area contributed by atoms with Crippen molar-refractivity contribution in [1.29, 1.82) is 0 Å². The second-order valence-corrected chi connectivity index (χ2v) is 16.7. The first-order chi connectivity index (χ1) is 16.9. The zero-order chi connectivity index (χ0) is 28.2. The molecule has 10 heteroatoms. The highest BCUT2D eigenvalue weighted by Crippen LogP contribution is 2.39. The van der Waals surface area contributed by atoms with Crippen molar-refractivity contribution in [1.82, 2.24) is 5.32 Å². The van der Waals surface area contributed by atoms with E-state index in [0.717, 1.165) is 5.56 Å². The molecule has 2 rings (SSSR count). The Bertz CT molecular complexity index is 938. The molecule has 0 bridgehead atoms. The van der Waals surface area contributed by atoms with Crippen LogP contribution in [0.5, 0.6) is 0 Å². The summed E-state index contributed by atoms with van der Waals surface area (Å²) in [5, 5.41) is 2.30. The summed E-state index contributed by atoms with van der Waals surface area (Å²) in [4.78, 5) is 39.1. The molecular weight excluding hydrogens is 494 g/mol. The third-order valence-corrected chi connectivity index (χ3v) is 11.0. The van der Waals surface area contributed by atoms with Crippen LogP contribution in [0.25, 0.3) is 0 Å². The average Bonchev–Trinajstić information content (AvgIpc) is 2.77. The SMILES string of the molecule is C[C@@H]1OC(=O)[C@@H](NC(=O)OC(C)(C)C)[C@@H](C)OC(=O)[C@H](OCc2ccccc2)[C@H]1O[Si](C)(C)C(C)(C)C. The number of hydrogen-bond donors (Lipinski definition) is 1. The van der Waals surface area contributed by atoms with Gasteiger partial charge in [-0.25, -0.2) is 14.4 Å². The van der Waals surface area contributed by atoms with Crippen LogP contribution in [0.3, 0.4) is 0 Å². The van der Waals surface area contributed by atoms with Crippen LogP contribution >= 0.6 is 0 Å². The minimum atomic E-state index is -2.45. The first-order valence-corrected chi connectivity index (χ1v) is 15.6. The van der Waals surface area contributed by atoms with Crippen LogP contribution in [0, 0.1) is 0 Å². The van der Waals surface area contributed by atoms with E-state index < -0.39 is 62.4 Å². The van der Waals surface area contributed by atoms with E-state index in [1.165, 1.54) is 6.92 Å². The van der Waals surface area contributed by atoms with E-state index in [9.17, 15) is 14.4 Å². The van der Waals surface area contributed by atoms with Gasteiger partial charge in [-0.1, -0.05) is 51.1 Å². The highest BCUT2D eigenvalue weighted by atomic mass is 28.4. The first-order valence-electron chi connectivity index (χ1n) is 12.6. The van der Waals surface area contributed by atoms with Gasteiger partial charge < -0.3 is 28.7 Å². The van der Waals surface area contributed by atoms with E-state index >= 15 is 0 Å². The number of benzene rings is 1. The maximum atomic E-state index is 13.5. The van der Waals surface area contributed by atoms with Crippen molar-refractivity contribution in [2.45, 2.75) is 116 Å². The molecule has 37 heavy (non-hydrogen) atoms. The molecule has 0 unspecified atom stereocenters. The van der Waals surface area contributed by atoms with E-state index in [-0.39, 0.29) is 11.6 Å². The van der Waals surface area contributed by atoms with Crippen LogP contribution in [0.15, 0.2) is 30.3 Å². The molecule has 1 aromatic rings. The molecule has 0 aliphatic carbocycles. The minimum Gasteiger partial charge on any atom is -0.458 e. The average molecular weight is 538 g/mol. The molecule has 9 nitrogen and oxygen atoms in total. The Morgan fingerprint density at radius 3 is 2.05 bits per heavy atom. The molecule has 0 radical (unpaired) electrons. The van der Waals surface area contributed by atoms with Crippen molar-refractivity contribution < 1.29 is 37.8 Å². The number of rotatable bonds is 6. The van der Waals surface area contributed by atoms with Crippen molar-refractivity contribution >= 4 is 26.3 Å². The summed E-state index contributed by atoms with van der Waals surface area (Å²) in [7, 11) is -2.45. The fourth-order valence-electron chi connectivity index (χ4n) is 3.42. The summed E-state index contributed by atoms with van der Waals surface area (Å²) in [6, 6.07) is 8.14. The Kier molecular flexibility index (Phi) is 9.95. The van der Waals surface area contributed by atoms with Crippen molar-refractivity contribution in [3.8, 4) is 0 Å². The summed E-state index contributed by atoms with van der Waals surface area (Å²) in [5.41, 5.74) is 0.0847. The number of carbonyl (C=O) groups excluding carboxylic acids is 3. The Morgan fingerprint density at radius 2 is 1.51 bits per heavy atom. The fourth-order valence-corrected chi connectivity index (χ4v) is 4.77. The number of cyclic esters (lactones) is 2. The lowest BCUT2D eigenvalue weighted by Gasteiger charge is -2.42. The van der Waals surface area contributed by atoms with E-state index in [4.69, 9.17) is 23.4 Å². The standard InChI is InChI=1S/C27H43NO8Si/c1-17-20(28-25(31)35-26(3,4)5)23(29)34-18(2)21(36-37(9,10)27(6,7)8)22(24(30)33-17)32-16-19-14-12-11-13-15-19/h11-15,17-18,20-22H,16H2,1-10H3,(H,28,31)/t17-,18+,20+,21+,22-/m1/s1. The van der Waals surface area contributed by atoms with Crippen LogP contribution < -0.4 is 5.32 Å². The van der Waals surface area contributed by atoms with E-state index in [0.29, 0.717) is 0 Å². The summed E-state index contributed by atoms with van der Waals surface area (Å²) in [5.74, 6) is -1.46. The van der Waals surface area contributed by atoms with E-state index in [2.05, 4.69) is 26.1 Å². The van der Waals surface area contributed by atoms with Gasteiger partial charge in [-0.3, -0.25) is 0 Å². The van der Waals surface area contributed by atoms with Crippen molar-refractivity contribution in [2.24, 2.45) is 0 Å². The van der Waals surface area contributed by atoms with Crippen molar-refractivity contribution in [3.05, 3.63) is 35.9 Å². The molecule has 208 valence electrons. The zero-order valence-corrected chi connectivity index (χ0v) is 24.7. The third kappa shape index (κ3) is 8.82. The molecule has 0 saturated carbocycles. The minimum absolute atomic E-state index is 0.132. The molecule has 1 N–H and O–H groups in total. The number of hydrogen-bond acceptors (Lipinski definition) is 8. The topological polar surface area (TPSA) is 109 Å². The normalized spacial score (nSPS) is 25.7. The van der Waals surface area contributed by atoms with Crippen molar-refractivity contribution in [2.75, 3.05) is 0 Å². The molecule has 1 aliphatic heterocycles. The molecule has 0 spiro atoms. The smallest absolute Gasteiger partial charge is 0.408 e. The number of nitrogens with one attached hydrogen (secondary N) is 1. The predicted molar refractivity (Wildman–Crippen MR) is 141 cm³/mol. The first kappa shape index (κ1) is 30.8. The van der Waals surface area contributed by atoms with Gasteiger partial charge in [-0.15, -0.1) is 0 Å². The molecule has 1 saturated heterocycles. The van der Waals surface area contributed by atoms with Gasteiger partial charge in [0.05, 0.1) is 6.61 Å². The maximum Gasteiger partial charge on any atom is 0.408 e. The Hall–Kier alpha value is -2.43. The lowest BCUT2D eigenvalue weighted by Crippen LogP contribution is -2.54. The van der Waals surface area contributed by atoms with Crippen LogP contribution in [0.2, 0.25) is 18.1 Å². The maximum absolute atomic E-state index is 13.5. The zero-order valence-electron chi connectivity index (χ0n) is 23.7. The van der Waals surface area contributed by atoms with Gasteiger partial charge in [0.15, 0.2) is 20.5 Å². The highest BCUT2D eigenvalue weighted by Gasteiger charge is 2.48. The van der Waals surface area contributed by atoms with Gasteiger partial charge in [0, 0.05) is 0 Å². The number of alkyl carbamates (subject to hydrolysis) is 1. The van der Waals surface area contributed by atoms with Gasteiger partial charge in [-0.2, -0.15) is 0 Å². The van der Waals surface area contributed by atoms with Gasteiger partial charge in [0.1, 0.15) is 23.9 Å². The second kappa shape index (κ2) is 12.0. The summed E-state index contributed by atoms with van der Waals surface area (Å²) in [6.07, 6.45) is -4.83. The summed E-state index contributed by atoms with van der Waals surface area (Å²) in [6.45, 7) is 18.7. The lowest BCUT2D eigenvalue weighted by atomic mass is 10.1. The molecule has 1 aromatic carbocycles. The molecule has 0 aromatic heterocycles. The molecule has 1 aliphatic rings. The quantitative estimate of drug-likeness (QED) is 0.315. The number of amides is 1. The molecule has 1 fully saturated rings.